The van der Waals surface area contributed by atoms with Crippen molar-refractivity contribution in [3.63, 3.8) is 0 Å². The van der Waals surface area contributed by atoms with E-state index >= 15 is 0 Å². The van der Waals surface area contributed by atoms with E-state index in [1.807, 2.05) is 12.1 Å². The second kappa shape index (κ2) is 7.34. The first-order valence-electron chi connectivity index (χ1n) is 10.8. The molecule has 3 aromatic rings. The van der Waals surface area contributed by atoms with E-state index in [1.54, 1.807) is 6.07 Å². The number of anilines is 1. The summed E-state index contributed by atoms with van der Waals surface area (Å²) in [6.07, 6.45) is 4.88. The Hall–Kier alpha value is -2.59. The third-order valence-corrected chi connectivity index (χ3v) is 6.95. The average molecular weight is 388 g/mol. The molecule has 2 aliphatic heterocycles. The highest BCUT2D eigenvalue weighted by atomic mass is 16.3. The van der Waals surface area contributed by atoms with Crippen molar-refractivity contribution in [2.45, 2.75) is 44.7 Å². The van der Waals surface area contributed by atoms with E-state index in [0.717, 1.165) is 43.0 Å². The topological polar surface area (TPSA) is 39.6 Å². The molecule has 0 atom stereocenters. The lowest BCUT2D eigenvalue weighted by Crippen LogP contribution is -2.51. The molecule has 0 unspecified atom stereocenters. The number of aromatic hydroxyl groups is 1. The van der Waals surface area contributed by atoms with Gasteiger partial charge in [0.25, 0.3) is 0 Å². The summed E-state index contributed by atoms with van der Waals surface area (Å²) < 4.78 is 0. The van der Waals surface area contributed by atoms with Crippen molar-refractivity contribution >= 4 is 16.6 Å². The predicted octanol–water partition coefficient (Wildman–Crippen LogP) is 4.88. The third-order valence-electron chi connectivity index (χ3n) is 6.95. The number of piperidine rings is 1. The molecule has 2 saturated heterocycles. The molecule has 2 aliphatic rings. The molecular formula is C25H29N3O. The Bertz CT molecular complexity index is 1020. The maximum absolute atomic E-state index is 10.2. The Balaban J connectivity index is 1.37. The monoisotopic (exact) mass is 387 g/mol. The molecule has 4 heteroatoms. The number of rotatable bonds is 3. The Morgan fingerprint density at radius 1 is 0.966 bits per heavy atom. The number of phenols is 1. The first kappa shape index (κ1) is 18.4. The van der Waals surface area contributed by atoms with Gasteiger partial charge in [-0.2, -0.15) is 0 Å². The Morgan fingerprint density at radius 3 is 2.55 bits per heavy atom. The molecule has 150 valence electrons. The summed E-state index contributed by atoms with van der Waals surface area (Å²) in [5.74, 6) is 0.422. The number of likely N-dealkylation sites (tertiary alicyclic amines) is 1. The number of fused-ring (bicyclic) bond motifs is 1. The highest BCUT2D eigenvalue weighted by Gasteiger charge is 2.43. The van der Waals surface area contributed by atoms with Crippen molar-refractivity contribution in [2.75, 3.05) is 24.5 Å². The number of hydrogen-bond donors (Lipinski definition) is 1. The summed E-state index contributed by atoms with van der Waals surface area (Å²) in [6.45, 7) is 6.22. The van der Waals surface area contributed by atoms with Crippen molar-refractivity contribution in [1.82, 2.24) is 9.88 Å². The molecule has 0 radical (unpaired) electrons. The van der Waals surface area contributed by atoms with Gasteiger partial charge in [0.1, 0.15) is 5.75 Å². The second-order valence-electron chi connectivity index (χ2n) is 8.67. The van der Waals surface area contributed by atoms with Gasteiger partial charge in [0.15, 0.2) is 0 Å². The van der Waals surface area contributed by atoms with E-state index in [9.17, 15) is 5.11 Å². The minimum Gasteiger partial charge on any atom is -0.508 e. The highest BCUT2D eigenvalue weighted by molar-refractivity contribution is 5.92. The Kier molecular flexibility index (Phi) is 4.67. The van der Waals surface area contributed by atoms with E-state index < -0.39 is 0 Å². The molecule has 3 heterocycles. The molecule has 1 spiro atoms. The number of phenolic OH excluding ortho intramolecular Hbond substituents is 1. The maximum Gasteiger partial charge on any atom is 0.120 e. The van der Waals surface area contributed by atoms with E-state index in [1.165, 1.54) is 36.8 Å². The zero-order valence-electron chi connectivity index (χ0n) is 17.1. The Morgan fingerprint density at radius 2 is 1.72 bits per heavy atom. The minimum atomic E-state index is 0.274. The van der Waals surface area contributed by atoms with Gasteiger partial charge in [0, 0.05) is 47.5 Å². The van der Waals surface area contributed by atoms with E-state index in [4.69, 9.17) is 4.98 Å². The highest BCUT2D eigenvalue weighted by Crippen LogP contribution is 2.41. The van der Waals surface area contributed by atoms with E-state index in [0.29, 0.717) is 5.75 Å². The number of nitrogens with zero attached hydrogens (tertiary/aromatic N) is 3. The van der Waals surface area contributed by atoms with Crippen LogP contribution in [0.5, 0.6) is 5.75 Å². The average Bonchev–Trinajstić information content (AvgIpc) is 3.11. The standard InChI is InChI=1S/C25H29N3O/c1-19-17-23(21-8-3-4-9-22(21)26-19)27-15-12-25(13-16-27)11-6-14-28(25)18-20-7-2-5-10-24(20)29/h2-5,7-10,17,29H,6,11-16,18H2,1H3. The fourth-order valence-electron chi connectivity index (χ4n) is 5.37. The van der Waals surface area contributed by atoms with Crippen LogP contribution in [0.15, 0.2) is 54.6 Å². The largest absolute Gasteiger partial charge is 0.508 e. The van der Waals surface area contributed by atoms with E-state index in [2.05, 4.69) is 53.1 Å². The first-order chi connectivity index (χ1) is 14.1. The molecule has 0 aliphatic carbocycles. The zero-order valence-corrected chi connectivity index (χ0v) is 17.1. The van der Waals surface area contributed by atoms with Gasteiger partial charge in [-0.05, 0) is 57.4 Å². The molecule has 0 bridgehead atoms. The van der Waals surface area contributed by atoms with Crippen molar-refractivity contribution < 1.29 is 5.11 Å². The molecule has 1 N–H and O–H groups in total. The smallest absolute Gasteiger partial charge is 0.120 e. The number of pyridine rings is 1. The van der Waals surface area contributed by atoms with Crippen LogP contribution in [-0.2, 0) is 6.54 Å². The molecular weight excluding hydrogens is 358 g/mol. The summed E-state index contributed by atoms with van der Waals surface area (Å²) >= 11 is 0. The van der Waals surface area contributed by atoms with Gasteiger partial charge in [-0.1, -0.05) is 36.4 Å². The van der Waals surface area contributed by atoms with Crippen LogP contribution >= 0.6 is 0 Å². The molecule has 29 heavy (non-hydrogen) atoms. The Labute approximate surface area is 172 Å². The molecule has 2 aromatic carbocycles. The summed E-state index contributed by atoms with van der Waals surface area (Å²) in [7, 11) is 0. The van der Waals surface area contributed by atoms with Crippen LogP contribution in [0, 0.1) is 6.92 Å². The first-order valence-corrected chi connectivity index (χ1v) is 10.8. The van der Waals surface area contributed by atoms with Crippen molar-refractivity contribution in [1.29, 1.82) is 0 Å². The number of benzene rings is 2. The van der Waals surface area contributed by atoms with Crippen LogP contribution in [-0.4, -0.2) is 40.2 Å². The van der Waals surface area contributed by atoms with Crippen LogP contribution in [0.25, 0.3) is 10.9 Å². The molecule has 5 rings (SSSR count). The van der Waals surface area contributed by atoms with Gasteiger partial charge in [-0.25, -0.2) is 0 Å². The fraction of sp³-hybridized carbons (Fsp3) is 0.400. The molecule has 2 fully saturated rings. The van der Waals surface area contributed by atoms with Crippen LogP contribution in [0.2, 0.25) is 0 Å². The summed E-state index contributed by atoms with van der Waals surface area (Å²) in [6, 6.07) is 18.5. The van der Waals surface area contributed by atoms with Gasteiger partial charge >= 0.3 is 0 Å². The van der Waals surface area contributed by atoms with Crippen LogP contribution in [0.3, 0.4) is 0 Å². The lowest BCUT2D eigenvalue weighted by Gasteiger charge is -2.46. The summed E-state index contributed by atoms with van der Waals surface area (Å²) in [5, 5.41) is 11.5. The van der Waals surface area contributed by atoms with Crippen LogP contribution in [0.1, 0.15) is 36.9 Å². The molecule has 1 aromatic heterocycles. The van der Waals surface area contributed by atoms with E-state index in [-0.39, 0.29) is 5.54 Å². The number of para-hydroxylation sites is 2. The van der Waals surface area contributed by atoms with Crippen molar-refractivity contribution in [3.8, 4) is 5.75 Å². The maximum atomic E-state index is 10.2. The lowest BCUT2D eigenvalue weighted by atomic mass is 9.84. The SMILES string of the molecule is Cc1cc(N2CCC3(CCCN3Cc3ccccc3O)CC2)c2ccccc2n1. The third kappa shape index (κ3) is 3.36. The zero-order chi connectivity index (χ0) is 19.8. The number of aryl methyl sites for hydroxylation is 1. The fourth-order valence-corrected chi connectivity index (χ4v) is 5.37. The second-order valence-corrected chi connectivity index (χ2v) is 8.67. The van der Waals surface area contributed by atoms with Gasteiger partial charge < -0.3 is 10.0 Å². The summed E-state index contributed by atoms with van der Waals surface area (Å²) in [5.41, 5.74) is 4.82. The van der Waals surface area contributed by atoms with Crippen LogP contribution < -0.4 is 4.90 Å². The normalized spacial score (nSPS) is 19.3. The number of hydrogen-bond acceptors (Lipinski definition) is 4. The molecule has 0 amide bonds. The minimum absolute atomic E-state index is 0.274. The quantitative estimate of drug-likeness (QED) is 0.695. The van der Waals surface area contributed by atoms with Gasteiger partial charge in [0.2, 0.25) is 0 Å². The van der Waals surface area contributed by atoms with Crippen molar-refractivity contribution in [3.05, 3.63) is 65.9 Å². The molecule has 4 nitrogen and oxygen atoms in total. The van der Waals surface area contributed by atoms with Crippen LogP contribution in [0.4, 0.5) is 5.69 Å². The number of aromatic nitrogens is 1. The van der Waals surface area contributed by atoms with Gasteiger partial charge in [0.05, 0.1) is 5.52 Å². The summed E-state index contributed by atoms with van der Waals surface area (Å²) in [4.78, 5) is 9.90. The predicted molar refractivity (Wildman–Crippen MR) is 118 cm³/mol. The van der Waals surface area contributed by atoms with Gasteiger partial charge in [-0.3, -0.25) is 9.88 Å². The lowest BCUT2D eigenvalue weighted by molar-refractivity contribution is 0.0990. The van der Waals surface area contributed by atoms with Crippen molar-refractivity contribution in [2.24, 2.45) is 0 Å². The molecule has 0 saturated carbocycles. The van der Waals surface area contributed by atoms with Gasteiger partial charge in [-0.15, -0.1) is 0 Å².